The summed E-state index contributed by atoms with van der Waals surface area (Å²) in [6, 6.07) is -0.108. The highest BCUT2D eigenvalue weighted by molar-refractivity contribution is 5.77. The van der Waals surface area contributed by atoms with Gasteiger partial charge in [-0.2, -0.15) is 8.78 Å². The first-order valence-corrected chi connectivity index (χ1v) is 5.99. The average molecular weight is 293 g/mol. The maximum atomic E-state index is 13.2. The highest BCUT2D eigenvalue weighted by Gasteiger charge is 2.21. The number of amides is 1. The van der Waals surface area contributed by atoms with Gasteiger partial charge in [0.1, 0.15) is 0 Å². The molecule has 1 unspecified atom stereocenters. The maximum Gasteiger partial charge on any atom is 0.258 e. The molecule has 0 bridgehead atoms. The Hall–Kier alpha value is -1.79. The minimum atomic E-state index is -1.67. The van der Waals surface area contributed by atoms with E-state index in [0.29, 0.717) is 0 Å². The van der Waals surface area contributed by atoms with E-state index in [0.717, 1.165) is 0 Å². The van der Waals surface area contributed by atoms with Crippen molar-refractivity contribution in [3.8, 4) is 5.75 Å². The van der Waals surface area contributed by atoms with Gasteiger partial charge in [-0.25, -0.2) is 8.78 Å². The summed E-state index contributed by atoms with van der Waals surface area (Å²) in [5, 5.41) is 2.52. The Morgan fingerprint density at radius 1 is 1.15 bits per heavy atom. The van der Waals surface area contributed by atoms with Gasteiger partial charge < -0.3 is 10.1 Å². The smallest absolute Gasteiger partial charge is 0.258 e. The summed E-state index contributed by atoms with van der Waals surface area (Å²) >= 11 is 0. The second-order valence-corrected chi connectivity index (χ2v) is 4.69. The zero-order chi connectivity index (χ0) is 15.4. The fourth-order valence-electron chi connectivity index (χ4n) is 1.28. The lowest BCUT2D eigenvalue weighted by atomic mass is 10.1. The molecule has 0 aliphatic heterocycles. The van der Waals surface area contributed by atoms with Gasteiger partial charge in [0.25, 0.3) is 5.91 Å². The van der Waals surface area contributed by atoms with E-state index in [-0.39, 0.29) is 18.0 Å². The van der Waals surface area contributed by atoms with Crippen LogP contribution < -0.4 is 10.1 Å². The first kappa shape index (κ1) is 16.3. The van der Waals surface area contributed by atoms with Crippen LogP contribution in [0.2, 0.25) is 0 Å². The molecule has 3 nitrogen and oxygen atoms in total. The number of carbonyl (C=O) groups is 1. The van der Waals surface area contributed by atoms with Gasteiger partial charge in [0.15, 0.2) is 24.0 Å². The molecule has 0 saturated carbocycles. The molecular formula is C13H15F4NO2. The van der Waals surface area contributed by atoms with E-state index < -0.39 is 41.5 Å². The van der Waals surface area contributed by atoms with Crippen molar-refractivity contribution in [1.82, 2.24) is 5.32 Å². The molecule has 0 aromatic heterocycles. The van der Waals surface area contributed by atoms with Crippen LogP contribution in [0.25, 0.3) is 0 Å². The third-order valence-electron chi connectivity index (χ3n) is 2.81. The van der Waals surface area contributed by atoms with Crippen LogP contribution in [0.4, 0.5) is 17.6 Å². The summed E-state index contributed by atoms with van der Waals surface area (Å²) in [4.78, 5) is 11.5. The van der Waals surface area contributed by atoms with Gasteiger partial charge in [0.05, 0.1) is 0 Å². The number of rotatable bonds is 5. The molecular weight excluding hydrogens is 278 g/mol. The van der Waals surface area contributed by atoms with E-state index in [2.05, 4.69) is 10.1 Å². The van der Waals surface area contributed by atoms with E-state index in [1.165, 1.54) is 0 Å². The summed E-state index contributed by atoms with van der Waals surface area (Å²) < 4.78 is 56.8. The number of nitrogens with one attached hydrogen (secondary N) is 1. The third-order valence-corrected chi connectivity index (χ3v) is 2.81. The zero-order valence-corrected chi connectivity index (χ0v) is 11.3. The Bertz CT molecular complexity index is 479. The molecule has 0 aliphatic rings. The average Bonchev–Trinajstić information content (AvgIpc) is 2.36. The largest absolute Gasteiger partial charge is 0.477 e. The van der Waals surface area contributed by atoms with Gasteiger partial charge in [-0.3, -0.25) is 4.79 Å². The summed E-state index contributed by atoms with van der Waals surface area (Å²) in [5.74, 6) is -8.25. The van der Waals surface area contributed by atoms with Crippen molar-refractivity contribution >= 4 is 5.91 Å². The van der Waals surface area contributed by atoms with Crippen molar-refractivity contribution in [2.75, 3.05) is 6.61 Å². The fraction of sp³-hybridized carbons (Fsp3) is 0.462. The molecule has 7 heteroatoms. The normalized spacial score (nSPS) is 12.4. The predicted molar refractivity (Wildman–Crippen MR) is 64.2 cm³/mol. The Labute approximate surface area is 113 Å². The van der Waals surface area contributed by atoms with E-state index in [1.54, 1.807) is 6.92 Å². The molecule has 0 fully saturated rings. The van der Waals surface area contributed by atoms with Gasteiger partial charge in [0, 0.05) is 12.1 Å². The first-order valence-electron chi connectivity index (χ1n) is 5.99. The van der Waals surface area contributed by atoms with Crippen LogP contribution in [-0.4, -0.2) is 18.6 Å². The fourth-order valence-corrected chi connectivity index (χ4v) is 1.28. The lowest BCUT2D eigenvalue weighted by molar-refractivity contribution is -0.124. The molecule has 1 N–H and O–H groups in total. The number of benzene rings is 1. The molecule has 1 aromatic carbocycles. The standard InChI is InChI=1S/C13H15F4NO2/c1-6(2)7(3)18-10(19)5-20-13-11(16)8(14)4-9(15)12(13)17/h4,6-7H,5H2,1-3H3,(H,18,19). The van der Waals surface area contributed by atoms with E-state index in [4.69, 9.17) is 0 Å². The van der Waals surface area contributed by atoms with Crippen LogP contribution in [0.3, 0.4) is 0 Å². The van der Waals surface area contributed by atoms with Crippen molar-refractivity contribution in [2.24, 2.45) is 5.92 Å². The molecule has 1 amide bonds. The molecule has 1 atom stereocenters. The van der Waals surface area contributed by atoms with E-state index >= 15 is 0 Å². The molecule has 0 radical (unpaired) electrons. The van der Waals surface area contributed by atoms with Crippen molar-refractivity contribution in [2.45, 2.75) is 26.8 Å². The van der Waals surface area contributed by atoms with Crippen LogP contribution in [0.5, 0.6) is 5.75 Å². The highest BCUT2D eigenvalue weighted by Crippen LogP contribution is 2.26. The van der Waals surface area contributed by atoms with Crippen LogP contribution in [0.1, 0.15) is 20.8 Å². The van der Waals surface area contributed by atoms with Crippen molar-refractivity contribution in [3.05, 3.63) is 29.3 Å². The molecule has 1 aromatic rings. The number of ether oxygens (including phenoxy) is 1. The van der Waals surface area contributed by atoms with Gasteiger partial charge in [-0.1, -0.05) is 13.8 Å². The Morgan fingerprint density at radius 2 is 1.65 bits per heavy atom. The van der Waals surface area contributed by atoms with Crippen LogP contribution in [0.15, 0.2) is 6.07 Å². The summed E-state index contributed by atoms with van der Waals surface area (Å²) in [6.07, 6.45) is 0. The van der Waals surface area contributed by atoms with Crippen LogP contribution in [0, 0.1) is 29.2 Å². The van der Waals surface area contributed by atoms with Crippen molar-refractivity contribution < 1.29 is 27.1 Å². The molecule has 112 valence electrons. The van der Waals surface area contributed by atoms with Crippen molar-refractivity contribution in [3.63, 3.8) is 0 Å². The second-order valence-electron chi connectivity index (χ2n) is 4.69. The first-order chi connectivity index (χ1) is 9.23. The zero-order valence-electron chi connectivity index (χ0n) is 11.3. The summed E-state index contributed by atoms with van der Waals surface area (Å²) in [7, 11) is 0. The van der Waals surface area contributed by atoms with Gasteiger partial charge >= 0.3 is 0 Å². The molecule has 0 saturated heterocycles. The quantitative estimate of drug-likeness (QED) is 0.669. The monoisotopic (exact) mass is 293 g/mol. The van der Waals surface area contributed by atoms with E-state index in [9.17, 15) is 22.4 Å². The van der Waals surface area contributed by atoms with Crippen LogP contribution >= 0.6 is 0 Å². The van der Waals surface area contributed by atoms with Gasteiger partial charge in [0.2, 0.25) is 11.6 Å². The van der Waals surface area contributed by atoms with Gasteiger partial charge in [-0.15, -0.1) is 0 Å². The predicted octanol–water partition coefficient (Wildman–Crippen LogP) is 2.78. The van der Waals surface area contributed by atoms with Gasteiger partial charge in [-0.05, 0) is 12.8 Å². The molecule has 0 heterocycles. The number of hydrogen-bond acceptors (Lipinski definition) is 2. The lowest BCUT2D eigenvalue weighted by Crippen LogP contribution is -2.39. The number of hydrogen-bond donors (Lipinski definition) is 1. The Balaban J connectivity index is 2.74. The molecule has 20 heavy (non-hydrogen) atoms. The highest BCUT2D eigenvalue weighted by atomic mass is 19.2. The van der Waals surface area contributed by atoms with E-state index in [1.807, 2.05) is 13.8 Å². The Morgan fingerprint density at radius 3 is 2.10 bits per heavy atom. The van der Waals surface area contributed by atoms with Crippen LogP contribution in [-0.2, 0) is 4.79 Å². The third kappa shape index (κ3) is 3.85. The number of halogens is 4. The van der Waals surface area contributed by atoms with Crippen molar-refractivity contribution in [1.29, 1.82) is 0 Å². The Kier molecular flexibility index (Phi) is 5.35. The second kappa shape index (κ2) is 6.58. The summed E-state index contributed by atoms with van der Waals surface area (Å²) in [5.41, 5.74) is 0. The SMILES string of the molecule is CC(C)C(C)NC(=O)COc1c(F)c(F)cc(F)c1F. The number of carbonyl (C=O) groups excluding carboxylic acids is 1. The molecule has 0 aliphatic carbocycles. The molecule has 0 spiro atoms. The summed E-state index contributed by atoms with van der Waals surface area (Å²) in [6.45, 7) is 4.74. The lowest BCUT2D eigenvalue weighted by Gasteiger charge is -2.17. The topological polar surface area (TPSA) is 38.3 Å². The minimum absolute atomic E-state index is 0.0679. The minimum Gasteiger partial charge on any atom is -0.477 e. The molecule has 1 rings (SSSR count). The maximum absolute atomic E-state index is 13.2.